The van der Waals surface area contributed by atoms with Crippen LogP contribution in [0.5, 0.6) is 0 Å². The fourth-order valence-corrected chi connectivity index (χ4v) is 1.69. The van der Waals surface area contributed by atoms with Crippen molar-refractivity contribution in [2.24, 2.45) is 0 Å². The number of carbonyl (C=O) groups is 1. The molecule has 1 aromatic carbocycles. The van der Waals surface area contributed by atoms with Crippen LogP contribution < -0.4 is 5.32 Å². The first-order valence-corrected chi connectivity index (χ1v) is 6.10. The first-order chi connectivity index (χ1) is 9.69. The Morgan fingerprint density at radius 2 is 2.35 bits per heavy atom. The standard InChI is InChI=1S/C13H11ClN4O2/c14-11-3-4-12(10(8-11)2-1-7-19)16-13(20)9-18-6-5-15-17-18/h3-6,8,19H,7,9H2,(H,16,20). The number of aliphatic hydroxyl groups is 1. The molecule has 1 heterocycles. The van der Waals surface area contributed by atoms with Gasteiger partial charge >= 0.3 is 0 Å². The maximum Gasteiger partial charge on any atom is 0.246 e. The van der Waals surface area contributed by atoms with Crippen LogP contribution in [0.15, 0.2) is 30.6 Å². The van der Waals surface area contributed by atoms with Crippen molar-refractivity contribution in [2.75, 3.05) is 11.9 Å². The van der Waals surface area contributed by atoms with Gasteiger partial charge in [0.2, 0.25) is 5.91 Å². The van der Waals surface area contributed by atoms with Crippen molar-refractivity contribution in [3.05, 3.63) is 41.2 Å². The Morgan fingerprint density at radius 1 is 1.50 bits per heavy atom. The maximum absolute atomic E-state index is 11.9. The topological polar surface area (TPSA) is 80.0 Å². The van der Waals surface area contributed by atoms with Crippen LogP contribution in [0.3, 0.4) is 0 Å². The third kappa shape index (κ3) is 3.82. The highest BCUT2D eigenvalue weighted by Gasteiger charge is 2.07. The fourth-order valence-electron chi connectivity index (χ4n) is 1.52. The van der Waals surface area contributed by atoms with Gasteiger partial charge in [-0.05, 0) is 18.2 Å². The van der Waals surface area contributed by atoms with Crippen LogP contribution in [0.2, 0.25) is 5.02 Å². The van der Waals surface area contributed by atoms with Gasteiger partial charge in [0.15, 0.2) is 0 Å². The van der Waals surface area contributed by atoms with E-state index in [2.05, 4.69) is 27.5 Å². The number of halogens is 1. The van der Waals surface area contributed by atoms with Gasteiger partial charge < -0.3 is 10.4 Å². The quantitative estimate of drug-likeness (QED) is 0.824. The maximum atomic E-state index is 11.9. The lowest BCUT2D eigenvalue weighted by molar-refractivity contribution is -0.116. The van der Waals surface area contributed by atoms with Crippen molar-refractivity contribution in [1.82, 2.24) is 15.0 Å². The molecule has 1 aromatic heterocycles. The second kappa shape index (κ2) is 6.70. The van der Waals surface area contributed by atoms with E-state index in [-0.39, 0.29) is 19.1 Å². The molecule has 0 saturated carbocycles. The number of hydrogen-bond acceptors (Lipinski definition) is 4. The Bertz CT molecular complexity index is 659. The zero-order chi connectivity index (χ0) is 14.4. The van der Waals surface area contributed by atoms with E-state index in [1.54, 1.807) is 24.4 Å². The number of anilines is 1. The first kappa shape index (κ1) is 14.1. The van der Waals surface area contributed by atoms with Crippen LogP contribution in [0.25, 0.3) is 0 Å². The Kier molecular flexibility index (Phi) is 4.71. The SMILES string of the molecule is O=C(Cn1ccnn1)Nc1ccc(Cl)cc1C#CCO. The lowest BCUT2D eigenvalue weighted by Crippen LogP contribution is -2.19. The molecule has 102 valence electrons. The Balaban J connectivity index is 2.14. The van der Waals surface area contributed by atoms with E-state index >= 15 is 0 Å². The number of aromatic nitrogens is 3. The van der Waals surface area contributed by atoms with Crippen molar-refractivity contribution in [3.8, 4) is 11.8 Å². The molecule has 0 unspecified atom stereocenters. The third-order valence-corrected chi connectivity index (χ3v) is 2.57. The summed E-state index contributed by atoms with van der Waals surface area (Å²) in [5.41, 5.74) is 1.07. The summed E-state index contributed by atoms with van der Waals surface area (Å²) in [6.07, 6.45) is 3.08. The summed E-state index contributed by atoms with van der Waals surface area (Å²) < 4.78 is 1.41. The van der Waals surface area contributed by atoms with Gasteiger partial charge in [0.1, 0.15) is 13.2 Å². The smallest absolute Gasteiger partial charge is 0.246 e. The second-order valence-corrected chi connectivity index (χ2v) is 4.24. The Hall–Kier alpha value is -2.36. The van der Waals surface area contributed by atoms with Gasteiger partial charge in [-0.1, -0.05) is 28.7 Å². The van der Waals surface area contributed by atoms with Gasteiger partial charge in [0.25, 0.3) is 0 Å². The summed E-state index contributed by atoms with van der Waals surface area (Å²) in [6, 6.07) is 4.93. The molecule has 0 aliphatic heterocycles. The summed E-state index contributed by atoms with van der Waals surface area (Å²) in [5.74, 6) is 4.99. The monoisotopic (exact) mass is 290 g/mol. The number of nitrogens with one attached hydrogen (secondary N) is 1. The van der Waals surface area contributed by atoms with E-state index in [4.69, 9.17) is 16.7 Å². The molecule has 7 heteroatoms. The Morgan fingerprint density at radius 3 is 3.05 bits per heavy atom. The normalized spacial score (nSPS) is 9.70. The van der Waals surface area contributed by atoms with E-state index in [0.29, 0.717) is 16.3 Å². The molecule has 1 amide bonds. The summed E-state index contributed by atoms with van der Waals surface area (Å²) in [4.78, 5) is 11.9. The summed E-state index contributed by atoms with van der Waals surface area (Å²) in [7, 11) is 0. The largest absolute Gasteiger partial charge is 0.384 e. The average molecular weight is 291 g/mol. The molecule has 0 saturated heterocycles. The van der Waals surface area contributed by atoms with E-state index in [9.17, 15) is 4.79 Å². The molecule has 0 fully saturated rings. The number of amides is 1. The summed E-state index contributed by atoms with van der Waals surface area (Å²) in [6.45, 7) is -0.214. The van der Waals surface area contributed by atoms with Gasteiger partial charge in [-0.2, -0.15) is 0 Å². The highest BCUT2D eigenvalue weighted by Crippen LogP contribution is 2.19. The molecule has 0 atom stereocenters. The number of carbonyl (C=O) groups excluding carboxylic acids is 1. The molecule has 2 N–H and O–H groups in total. The highest BCUT2D eigenvalue weighted by atomic mass is 35.5. The Labute approximate surface area is 120 Å². The van der Waals surface area contributed by atoms with E-state index in [0.717, 1.165) is 0 Å². The summed E-state index contributed by atoms with van der Waals surface area (Å²) in [5, 5.41) is 19.3. The molecule has 2 aromatic rings. The molecular weight excluding hydrogens is 280 g/mol. The lowest BCUT2D eigenvalue weighted by Gasteiger charge is -2.07. The number of nitrogens with zero attached hydrogens (tertiary/aromatic N) is 3. The van der Waals surface area contributed by atoms with E-state index < -0.39 is 0 Å². The molecule has 20 heavy (non-hydrogen) atoms. The van der Waals surface area contributed by atoms with Crippen molar-refractivity contribution in [3.63, 3.8) is 0 Å². The van der Waals surface area contributed by atoms with Gasteiger partial charge in [0, 0.05) is 16.8 Å². The summed E-state index contributed by atoms with van der Waals surface area (Å²) >= 11 is 5.88. The van der Waals surface area contributed by atoms with Gasteiger partial charge in [-0.25, -0.2) is 4.68 Å². The van der Waals surface area contributed by atoms with Crippen LogP contribution in [-0.2, 0) is 11.3 Å². The minimum Gasteiger partial charge on any atom is -0.384 e. The van der Waals surface area contributed by atoms with Gasteiger partial charge in [-0.15, -0.1) is 5.10 Å². The average Bonchev–Trinajstić information content (AvgIpc) is 2.91. The number of hydrogen-bond donors (Lipinski definition) is 2. The molecule has 0 bridgehead atoms. The fraction of sp³-hybridized carbons (Fsp3) is 0.154. The van der Waals surface area contributed by atoms with Crippen LogP contribution in [0.1, 0.15) is 5.56 Å². The van der Waals surface area contributed by atoms with Gasteiger partial charge in [0.05, 0.1) is 11.9 Å². The predicted molar refractivity (Wildman–Crippen MR) is 74.1 cm³/mol. The van der Waals surface area contributed by atoms with Crippen LogP contribution >= 0.6 is 11.6 Å². The van der Waals surface area contributed by atoms with Crippen LogP contribution in [0, 0.1) is 11.8 Å². The minimum absolute atomic E-state index is 0.0511. The van der Waals surface area contributed by atoms with Crippen molar-refractivity contribution in [1.29, 1.82) is 0 Å². The lowest BCUT2D eigenvalue weighted by atomic mass is 10.2. The number of rotatable bonds is 3. The second-order valence-electron chi connectivity index (χ2n) is 3.80. The zero-order valence-electron chi connectivity index (χ0n) is 10.4. The van der Waals surface area contributed by atoms with Gasteiger partial charge in [-0.3, -0.25) is 4.79 Å². The molecule has 0 spiro atoms. The zero-order valence-corrected chi connectivity index (χ0v) is 11.1. The van der Waals surface area contributed by atoms with E-state index in [1.165, 1.54) is 10.9 Å². The molecular formula is C13H11ClN4O2. The molecule has 0 radical (unpaired) electrons. The van der Waals surface area contributed by atoms with Crippen molar-refractivity contribution >= 4 is 23.2 Å². The molecule has 0 aliphatic rings. The molecule has 0 aliphatic carbocycles. The van der Waals surface area contributed by atoms with E-state index in [1.807, 2.05) is 0 Å². The molecule has 6 nitrogen and oxygen atoms in total. The number of aliphatic hydroxyl groups excluding tert-OH is 1. The number of benzene rings is 1. The predicted octanol–water partition coefficient (Wildman–Crippen LogP) is 0.914. The van der Waals surface area contributed by atoms with Crippen LogP contribution in [-0.4, -0.2) is 32.6 Å². The van der Waals surface area contributed by atoms with Crippen molar-refractivity contribution < 1.29 is 9.90 Å². The highest BCUT2D eigenvalue weighted by molar-refractivity contribution is 6.30. The molecule has 2 rings (SSSR count). The van der Waals surface area contributed by atoms with Crippen molar-refractivity contribution in [2.45, 2.75) is 6.54 Å². The minimum atomic E-state index is -0.265. The third-order valence-electron chi connectivity index (χ3n) is 2.34. The van der Waals surface area contributed by atoms with Crippen LogP contribution in [0.4, 0.5) is 5.69 Å². The first-order valence-electron chi connectivity index (χ1n) is 5.72.